The lowest BCUT2D eigenvalue weighted by atomic mass is 9.97. The molecule has 0 N–H and O–H groups in total. The lowest BCUT2D eigenvalue weighted by molar-refractivity contribution is 0.669. The number of rotatable bonds is 4. The van der Waals surface area contributed by atoms with E-state index in [1.807, 2.05) is 12.1 Å². The van der Waals surface area contributed by atoms with Crippen molar-refractivity contribution in [2.24, 2.45) is 0 Å². The fraction of sp³-hybridized carbons (Fsp3) is 0. The summed E-state index contributed by atoms with van der Waals surface area (Å²) in [6, 6.07) is 61.9. The van der Waals surface area contributed by atoms with Crippen LogP contribution in [0.1, 0.15) is 0 Å². The van der Waals surface area contributed by atoms with Crippen molar-refractivity contribution in [1.82, 2.24) is 0 Å². The fourth-order valence-electron chi connectivity index (χ4n) is 8.61. The second-order valence-corrected chi connectivity index (χ2v) is 14.0. The summed E-state index contributed by atoms with van der Waals surface area (Å²) in [6.07, 6.45) is 0. The number of anilines is 3. The summed E-state index contributed by atoms with van der Waals surface area (Å²) < 4.78 is 19.7. The van der Waals surface area contributed by atoms with Gasteiger partial charge in [0.1, 0.15) is 33.5 Å². The van der Waals surface area contributed by atoms with Crippen LogP contribution in [-0.2, 0) is 0 Å². The van der Waals surface area contributed by atoms with Gasteiger partial charge in [0, 0.05) is 55.1 Å². The molecule has 0 radical (unpaired) electrons. The van der Waals surface area contributed by atoms with E-state index in [1.54, 1.807) is 0 Å². The first kappa shape index (κ1) is 29.3. The first-order valence-electron chi connectivity index (χ1n) is 18.2. The largest absolute Gasteiger partial charge is 0.456 e. The number of nitrogens with zero attached hydrogens (tertiary/aromatic N) is 1. The zero-order chi connectivity index (χ0) is 35.3. The summed E-state index contributed by atoms with van der Waals surface area (Å²) in [5.74, 6) is 0. The number of hydrogen-bond acceptors (Lipinski definition) is 4. The molecule has 252 valence electrons. The SMILES string of the molecule is c1cc(-c2cccc3oc4c5ccccc5ccc4c23)cc(N(c2ccc3c(c2)oc2ccccc23)c2cccc3oc4c5ccccc5ccc4c23)c1. The van der Waals surface area contributed by atoms with E-state index in [0.29, 0.717) is 0 Å². The van der Waals surface area contributed by atoms with Crippen molar-refractivity contribution in [3.05, 3.63) is 176 Å². The molecule has 0 atom stereocenters. The maximum atomic E-state index is 6.69. The molecule has 0 aliphatic heterocycles. The van der Waals surface area contributed by atoms with E-state index >= 15 is 0 Å². The van der Waals surface area contributed by atoms with Crippen LogP contribution in [-0.4, -0.2) is 0 Å². The van der Waals surface area contributed by atoms with Gasteiger partial charge in [-0.2, -0.15) is 0 Å². The molecule has 0 fully saturated rings. The van der Waals surface area contributed by atoms with Crippen LogP contribution >= 0.6 is 0 Å². The summed E-state index contributed by atoms with van der Waals surface area (Å²) in [5, 5.41) is 11.1. The zero-order valence-corrected chi connectivity index (χ0v) is 28.9. The Morgan fingerprint density at radius 3 is 1.69 bits per heavy atom. The van der Waals surface area contributed by atoms with Gasteiger partial charge in [-0.25, -0.2) is 0 Å². The van der Waals surface area contributed by atoms with Crippen LogP contribution in [0.4, 0.5) is 17.1 Å². The second kappa shape index (κ2) is 11.1. The molecule has 0 amide bonds. The molecule has 0 unspecified atom stereocenters. The summed E-state index contributed by atoms with van der Waals surface area (Å²) >= 11 is 0. The van der Waals surface area contributed by atoms with Crippen LogP contribution in [0.2, 0.25) is 0 Å². The fourth-order valence-corrected chi connectivity index (χ4v) is 8.61. The maximum Gasteiger partial charge on any atom is 0.143 e. The number of hydrogen-bond donors (Lipinski definition) is 0. The molecule has 0 saturated heterocycles. The van der Waals surface area contributed by atoms with Crippen molar-refractivity contribution < 1.29 is 13.3 Å². The number of benzene rings is 9. The molecular formula is C50H29NO3. The highest BCUT2D eigenvalue weighted by Gasteiger charge is 2.22. The topological polar surface area (TPSA) is 42.7 Å². The van der Waals surface area contributed by atoms with E-state index in [1.165, 1.54) is 5.39 Å². The minimum atomic E-state index is 0.840. The average molecular weight is 692 g/mol. The van der Waals surface area contributed by atoms with Gasteiger partial charge >= 0.3 is 0 Å². The Kier molecular flexibility index (Phi) is 6.02. The first-order valence-corrected chi connectivity index (χ1v) is 18.2. The summed E-state index contributed by atoms with van der Waals surface area (Å²) in [5.41, 5.74) is 10.5. The minimum Gasteiger partial charge on any atom is -0.456 e. The molecule has 9 aromatic carbocycles. The van der Waals surface area contributed by atoms with Gasteiger partial charge in [0.15, 0.2) is 0 Å². The van der Waals surface area contributed by atoms with Gasteiger partial charge in [0.25, 0.3) is 0 Å². The molecule has 3 aromatic heterocycles. The van der Waals surface area contributed by atoms with Crippen molar-refractivity contribution in [2.75, 3.05) is 4.90 Å². The van der Waals surface area contributed by atoms with Crippen LogP contribution in [0, 0.1) is 0 Å². The molecule has 0 aliphatic rings. The molecule has 0 saturated carbocycles. The van der Waals surface area contributed by atoms with Crippen LogP contribution in [0.15, 0.2) is 189 Å². The van der Waals surface area contributed by atoms with Crippen LogP contribution in [0.5, 0.6) is 0 Å². The highest BCUT2D eigenvalue weighted by Crippen LogP contribution is 2.47. The molecule has 12 aromatic rings. The molecule has 12 rings (SSSR count). The van der Waals surface area contributed by atoms with Crippen LogP contribution in [0.3, 0.4) is 0 Å². The monoisotopic (exact) mass is 691 g/mol. The number of para-hydroxylation sites is 1. The molecule has 54 heavy (non-hydrogen) atoms. The van der Waals surface area contributed by atoms with Gasteiger partial charge in [-0.1, -0.05) is 109 Å². The Morgan fingerprint density at radius 1 is 0.333 bits per heavy atom. The van der Waals surface area contributed by atoms with Gasteiger partial charge in [-0.3, -0.25) is 0 Å². The average Bonchev–Trinajstić information content (AvgIpc) is 3.93. The van der Waals surface area contributed by atoms with E-state index in [9.17, 15) is 0 Å². The highest BCUT2D eigenvalue weighted by molar-refractivity contribution is 6.21. The third kappa shape index (κ3) is 4.19. The van der Waals surface area contributed by atoms with E-state index in [4.69, 9.17) is 13.3 Å². The molecule has 3 heterocycles. The Morgan fingerprint density at radius 2 is 0.907 bits per heavy atom. The zero-order valence-electron chi connectivity index (χ0n) is 28.9. The van der Waals surface area contributed by atoms with Gasteiger partial charge in [-0.05, 0) is 82.6 Å². The first-order chi connectivity index (χ1) is 26.8. The lowest BCUT2D eigenvalue weighted by Gasteiger charge is -2.26. The number of fused-ring (bicyclic) bond motifs is 13. The van der Waals surface area contributed by atoms with Gasteiger partial charge in [0.05, 0.1) is 11.1 Å². The predicted molar refractivity (Wildman–Crippen MR) is 223 cm³/mol. The summed E-state index contributed by atoms with van der Waals surface area (Å²) in [7, 11) is 0. The predicted octanol–water partition coefficient (Wildman–Crippen LogP) is 14.8. The van der Waals surface area contributed by atoms with Crippen molar-refractivity contribution in [3.63, 3.8) is 0 Å². The van der Waals surface area contributed by atoms with E-state index in [-0.39, 0.29) is 0 Å². The molecule has 4 heteroatoms. The molecular weight excluding hydrogens is 663 g/mol. The normalized spacial score (nSPS) is 12.1. The van der Waals surface area contributed by atoms with Crippen molar-refractivity contribution in [1.29, 1.82) is 0 Å². The smallest absolute Gasteiger partial charge is 0.143 e. The maximum absolute atomic E-state index is 6.69. The van der Waals surface area contributed by atoms with Crippen molar-refractivity contribution in [2.45, 2.75) is 0 Å². The van der Waals surface area contributed by atoms with E-state index in [2.05, 4.69) is 169 Å². The Hall–Kier alpha value is -7.30. The number of furan rings is 3. The third-order valence-corrected chi connectivity index (χ3v) is 11.0. The van der Waals surface area contributed by atoms with Gasteiger partial charge in [-0.15, -0.1) is 0 Å². The molecule has 4 nitrogen and oxygen atoms in total. The third-order valence-electron chi connectivity index (χ3n) is 11.0. The van der Waals surface area contributed by atoms with Gasteiger partial charge < -0.3 is 18.2 Å². The van der Waals surface area contributed by atoms with Crippen molar-refractivity contribution in [3.8, 4) is 11.1 Å². The summed E-state index contributed by atoms with van der Waals surface area (Å²) in [4.78, 5) is 2.34. The quantitative estimate of drug-likeness (QED) is 0.184. The Labute approximate surface area is 308 Å². The molecule has 0 bridgehead atoms. The Balaban J connectivity index is 1.12. The Bertz CT molecular complexity index is 3470. The van der Waals surface area contributed by atoms with Crippen molar-refractivity contribution >= 4 is 104 Å². The standard InChI is InChI=1S/C50H29NO3/c1-3-14-36-30(10-1)22-25-40-47-35(17-8-20-44(47)53-49(36)40)32-12-7-13-33(28-32)51(34-24-27-39-38-16-5-6-19-43(38)52-46(39)29-34)42-18-9-21-45-48(42)41-26-23-31-11-2-4-15-37(31)50(41)54-45/h1-29H. The van der Waals surface area contributed by atoms with Gasteiger partial charge in [0.2, 0.25) is 0 Å². The van der Waals surface area contributed by atoms with E-state index < -0.39 is 0 Å². The van der Waals surface area contributed by atoms with E-state index in [0.717, 1.165) is 110 Å². The highest BCUT2D eigenvalue weighted by atomic mass is 16.3. The summed E-state index contributed by atoms with van der Waals surface area (Å²) in [6.45, 7) is 0. The van der Waals surface area contributed by atoms with Crippen LogP contribution < -0.4 is 4.90 Å². The lowest BCUT2D eigenvalue weighted by Crippen LogP contribution is -2.10. The molecule has 0 aliphatic carbocycles. The molecule has 0 spiro atoms. The minimum absolute atomic E-state index is 0.840. The van der Waals surface area contributed by atoms with Crippen LogP contribution in [0.25, 0.3) is 98.5 Å². The second-order valence-electron chi connectivity index (χ2n) is 14.0.